The third-order valence-electron chi connectivity index (χ3n) is 4.35. The molecule has 0 saturated carbocycles. The molecule has 0 N–H and O–H groups in total. The van der Waals surface area contributed by atoms with Crippen molar-refractivity contribution < 1.29 is 14.2 Å². The van der Waals surface area contributed by atoms with Crippen molar-refractivity contribution in [2.45, 2.75) is 12.5 Å². The lowest BCUT2D eigenvalue weighted by Gasteiger charge is -2.29. The molecule has 1 aliphatic heterocycles. The van der Waals surface area contributed by atoms with E-state index in [1.165, 1.54) is 0 Å². The number of nitrogens with zero attached hydrogens (tertiary/aromatic N) is 1. The van der Waals surface area contributed by atoms with Gasteiger partial charge in [0.15, 0.2) is 0 Å². The van der Waals surface area contributed by atoms with Gasteiger partial charge in [0.05, 0.1) is 20.3 Å². The number of halogens is 1. The number of benzene rings is 2. The van der Waals surface area contributed by atoms with Crippen molar-refractivity contribution in [1.29, 1.82) is 0 Å². The summed E-state index contributed by atoms with van der Waals surface area (Å²) in [6.45, 7) is 4.52. The average Bonchev–Trinajstić information content (AvgIpc) is 2.66. The molecule has 0 spiro atoms. The highest BCUT2D eigenvalue weighted by Crippen LogP contribution is 2.29. The SMILES string of the molecule is COc1cccc(C(CCN2CCOCC2)Oc2cccc(Cl)c2)c1. The first-order valence-electron chi connectivity index (χ1n) is 8.61. The molecule has 1 atom stereocenters. The predicted molar refractivity (Wildman–Crippen MR) is 99.7 cm³/mol. The number of hydrogen-bond donors (Lipinski definition) is 0. The predicted octanol–water partition coefficient (Wildman–Crippen LogP) is 4.19. The van der Waals surface area contributed by atoms with Gasteiger partial charge in [-0.15, -0.1) is 0 Å². The van der Waals surface area contributed by atoms with Crippen LogP contribution in [-0.2, 0) is 4.74 Å². The van der Waals surface area contributed by atoms with Gasteiger partial charge in [-0.3, -0.25) is 4.90 Å². The van der Waals surface area contributed by atoms with Crippen LogP contribution in [0.15, 0.2) is 48.5 Å². The minimum Gasteiger partial charge on any atom is -0.497 e. The number of rotatable bonds is 7. The van der Waals surface area contributed by atoms with Crippen molar-refractivity contribution in [3.05, 3.63) is 59.1 Å². The summed E-state index contributed by atoms with van der Waals surface area (Å²) in [5.74, 6) is 1.62. The Labute approximate surface area is 154 Å². The van der Waals surface area contributed by atoms with Crippen molar-refractivity contribution in [3.8, 4) is 11.5 Å². The van der Waals surface area contributed by atoms with E-state index in [0.717, 1.165) is 56.3 Å². The van der Waals surface area contributed by atoms with E-state index in [2.05, 4.69) is 11.0 Å². The largest absolute Gasteiger partial charge is 0.497 e. The fourth-order valence-corrected chi connectivity index (χ4v) is 3.14. The van der Waals surface area contributed by atoms with Crippen molar-refractivity contribution in [1.82, 2.24) is 4.90 Å². The summed E-state index contributed by atoms with van der Waals surface area (Å²) in [5.41, 5.74) is 1.10. The second-order valence-electron chi connectivity index (χ2n) is 6.08. The van der Waals surface area contributed by atoms with Crippen molar-refractivity contribution in [2.75, 3.05) is 40.0 Å². The van der Waals surface area contributed by atoms with Gasteiger partial charge in [-0.2, -0.15) is 0 Å². The summed E-state index contributed by atoms with van der Waals surface area (Å²) in [6, 6.07) is 15.6. The standard InChI is InChI=1S/C20H24ClNO3/c1-23-18-6-2-4-16(14-18)20(8-9-22-10-12-24-13-11-22)25-19-7-3-5-17(21)15-19/h2-7,14-15,20H,8-13H2,1H3. The first-order valence-corrected chi connectivity index (χ1v) is 8.98. The second-order valence-corrected chi connectivity index (χ2v) is 6.52. The van der Waals surface area contributed by atoms with E-state index in [4.69, 9.17) is 25.8 Å². The molecular weight excluding hydrogens is 338 g/mol. The van der Waals surface area contributed by atoms with Crippen LogP contribution >= 0.6 is 11.6 Å². The lowest BCUT2D eigenvalue weighted by molar-refractivity contribution is 0.0317. The van der Waals surface area contributed by atoms with Crippen LogP contribution in [0.3, 0.4) is 0 Å². The fraction of sp³-hybridized carbons (Fsp3) is 0.400. The van der Waals surface area contributed by atoms with Gasteiger partial charge in [0, 0.05) is 31.1 Å². The van der Waals surface area contributed by atoms with Gasteiger partial charge in [0.1, 0.15) is 17.6 Å². The van der Waals surface area contributed by atoms with E-state index in [-0.39, 0.29) is 6.10 Å². The van der Waals surface area contributed by atoms with Crippen LogP contribution in [0.1, 0.15) is 18.1 Å². The molecule has 1 unspecified atom stereocenters. The van der Waals surface area contributed by atoms with Crippen LogP contribution < -0.4 is 9.47 Å². The summed E-state index contributed by atoms with van der Waals surface area (Å²) >= 11 is 6.10. The monoisotopic (exact) mass is 361 g/mol. The normalized spacial score (nSPS) is 16.4. The topological polar surface area (TPSA) is 30.9 Å². The Morgan fingerprint density at radius 3 is 2.60 bits per heavy atom. The molecule has 2 aromatic carbocycles. The van der Waals surface area contributed by atoms with Crippen LogP contribution in [0.2, 0.25) is 5.02 Å². The second kappa shape index (κ2) is 9.09. The van der Waals surface area contributed by atoms with E-state index < -0.39 is 0 Å². The first kappa shape index (κ1) is 18.1. The van der Waals surface area contributed by atoms with E-state index in [1.807, 2.05) is 42.5 Å². The van der Waals surface area contributed by atoms with Crippen molar-refractivity contribution in [3.63, 3.8) is 0 Å². The van der Waals surface area contributed by atoms with Gasteiger partial charge < -0.3 is 14.2 Å². The Kier molecular flexibility index (Phi) is 6.56. The first-order chi connectivity index (χ1) is 12.2. The Morgan fingerprint density at radius 2 is 1.84 bits per heavy atom. The number of ether oxygens (including phenoxy) is 3. The van der Waals surface area contributed by atoms with E-state index in [1.54, 1.807) is 7.11 Å². The zero-order valence-corrected chi connectivity index (χ0v) is 15.2. The maximum Gasteiger partial charge on any atom is 0.125 e. The van der Waals surface area contributed by atoms with E-state index >= 15 is 0 Å². The maximum absolute atomic E-state index is 6.27. The molecule has 5 heteroatoms. The molecule has 0 bridgehead atoms. The quantitative estimate of drug-likeness (QED) is 0.739. The van der Waals surface area contributed by atoms with Crippen molar-refractivity contribution in [2.24, 2.45) is 0 Å². The highest BCUT2D eigenvalue weighted by Gasteiger charge is 2.18. The zero-order chi connectivity index (χ0) is 17.5. The summed E-state index contributed by atoms with van der Waals surface area (Å²) in [4.78, 5) is 2.41. The van der Waals surface area contributed by atoms with Crippen LogP contribution in [0.5, 0.6) is 11.5 Å². The van der Waals surface area contributed by atoms with Gasteiger partial charge in [0.2, 0.25) is 0 Å². The number of hydrogen-bond acceptors (Lipinski definition) is 4. The van der Waals surface area contributed by atoms with Gasteiger partial charge in [-0.25, -0.2) is 0 Å². The summed E-state index contributed by atoms with van der Waals surface area (Å²) in [7, 11) is 1.68. The van der Waals surface area contributed by atoms with Crippen LogP contribution in [0.4, 0.5) is 0 Å². The van der Waals surface area contributed by atoms with Crippen LogP contribution in [0.25, 0.3) is 0 Å². The Hall–Kier alpha value is -1.75. The molecule has 0 radical (unpaired) electrons. The van der Waals surface area contributed by atoms with Gasteiger partial charge in [-0.1, -0.05) is 29.8 Å². The Bertz CT molecular complexity index is 673. The Morgan fingerprint density at radius 1 is 1.08 bits per heavy atom. The fourth-order valence-electron chi connectivity index (χ4n) is 2.96. The number of methoxy groups -OCH3 is 1. The molecular formula is C20H24ClNO3. The maximum atomic E-state index is 6.27. The van der Waals surface area contributed by atoms with Crippen molar-refractivity contribution >= 4 is 11.6 Å². The average molecular weight is 362 g/mol. The lowest BCUT2D eigenvalue weighted by Crippen LogP contribution is -2.37. The van der Waals surface area contributed by atoms with Crippen LogP contribution in [-0.4, -0.2) is 44.9 Å². The molecule has 0 aliphatic carbocycles. The third kappa shape index (κ3) is 5.36. The van der Waals surface area contributed by atoms with Crippen LogP contribution in [0, 0.1) is 0 Å². The van der Waals surface area contributed by atoms with E-state index in [0.29, 0.717) is 5.02 Å². The third-order valence-corrected chi connectivity index (χ3v) is 4.59. The molecule has 0 aromatic heterocycles. The molecule has 4 nitrogen and oxygen atoms in total. The molecule has 0 amide bonds. The highest BCUT2D eigenvalue weighted by molar-refractivity contribution is 6.30. The smallest absolute Gasteiger partial charge is 0.125 e. The molecule has 1 heterocycles. The minimum absolute atomic E-state index is 0.0589. The minimum atomic E-state index is -0.0589. The molecule has 25 heavy (non-hydrogen) atoms. The number of morpholine rings is 1. The zero-order valence-electron chi connectivity index (χ0n) is 14.5. The van der Waals surface area contributed by atoms with Gasteiger partial charge >= 0.3 is 0 Å². The summed E-state index contributed by atoms with van der Waals surface area (Å²) in [6.07, 6.45) is 0.830. The molecule has 2 aromatic rings. The van der Waals surface area contributed by atoms with Gasteiger partial charge in [0.25, 0.3) is 0 Å². The molecule has 1 fully saturated rings. The molecule has 1 aliphatic rings. The molecule has 134 valence electrons. The van der Waals surface area contributed by atoms with Gasteiger partial charge in [-0.05, 0) is 35.9 Å². The molecule has 3 rings (SSSR count). The molecule has 1 saturated heterocycles. The highest BCUT2D eigenvalue weighted by atomic mass is 35.5. The van der Waals surface area contributed by atoms with E-state index in [9.17, 15) is 0 Å². The lowest BCUT2D eigenvalue weighted by atomic mass is 10.1. The summed E-state index contributed by atoms with van der Waals surface area (Å²) in [5, 5.41) is 0.676. The summed E-state index contributed by atoms with van der Waals surface area (Å²) < 4.78 is 17.1. The Balaban J connectivity index is 1.74.